The molecule has 6 nitrogen and oxygen atoms in total. The van der Waals surface area contributed by atoms with E-state index in [0.717, 1.165) is 16.5 Å². The van der Waals surface area contributed by atoms with Crippen molar-refractivity contribution in [1.82, 2.24) is 4.98 Å². The molecule has 0 fully saturated rings. The van der Waals surface area contributed by atoms with Gasteiger partial charge >= 0.3 is 0 Å². The minimum Gasteiger partial charge on any atom is -0.361 e. The maximum absolute atomic E-state index is 13.7. The number of rotatable bonds is 5. The lowest BCUT2D eigenvalue weighted by atomic mass is 10.0. The highest BCUT2D eigenvalue weighted by Gasteiger charge is 2.33. The van der Waals surface area contributed by atoms with Gasteiger partial charge in [0.25, 0.3) is 5.69 Å². The first-order valence-electron chi connectivity index (χ1n) is 8.99. The number of nitro groups is 1. The van der Waals surface area contributed by atoms with E-state index in [0.29, 0.717) is 11.1 Å². The van der Waals surface area contributed by atoms with Crippen molar-refractivity contribution in [2.45, 2.75) is 17.1 Å². The van der Waals surface area contributed by atoms with Crippen molar-refractivity contribution in [3.05, 3.63) is 106 Å². The van der Waals surface area contributed by atoms with Crippen LogP contribution in [0.4, 0.5) is 5.69 Å². The summed E-state index contributed by atoms with van der Waals surface area (Å²) in [5.74, 6) is 0. The number of hydrogen-bond acceptors (Lipinski definition) is 4. The van der Waals surface area contributed by atoms with Gasteiger partial charge in [0.15, 0.2) is 9.84 Å². The average molecular weight is 406 g/mol. The van der Waals surface area contributed by atoms with Crippen LogP contribution in [0.1, 0.15) is 21.9 Å². The molecule has 0 aliphatic heterocycles. The number of nitrogens with one attached hydrogen (secondary N) is 1. The first-order valence-corrected chi connectivity index (χ1v) is 10.5. The number of nitro benzene ring substituents is 1. The summed E-state index contributed by atoms with van der Waals surface area (Å²) in [7, 11) is -3.81. The summed E-state index contributed by atoms with van der Waals surface area (Å²) < 4.78 is 27.3. The predicted molar refractivity (Wildman–Crippen MR) is 112 cm³/mol. The Balaban J connectivity index is 1.94. The number of sulfone groups is 1. The molecule has 1 unspecified atom stereocenters. The second-order valence-corrected chi connectivity index (χ2v) is 8.91. The third kappa shape index (κ3) is 3.40. The molecule has 29 heavy (non-hydrogen) atoms. The molecule has 0 radical (unpaired) electrons. The average Bonchev–Trinajstić information content (AvgIpc) is 3.12. The minimum atomic E-state index is -3.81. The summed E-state index contributed by atoms with van der Waals surface area (Å²) >= 11 is 0. The predicted octanol–water partition coefficient (Wildman–Crippen LogP) is 4.95. The highest BCUT2D eigenvalue weighted by molar-refractivity contribution is 7.92. The van der Waals surface area contributed by atoms with Gasteiger partial charge in [0, 0.05) is 34.8 Å². The largest absolute Gasteiger partial charge is 0.361 e. The van der Waals surface area contributed by atoms with Gasteiger partial charge in [0.1, 0.15) is 5.25 Å². The Kier molecular flexibility index (Phi) is 4.68. The Morgan fingerprint density at radius 2 is 1.59 bits per heavy atom. The van der Waals surface area contributed by atoms with Crippen LogP contribution in [0.15, 0.2) is 83.9 Å². The summed E-state index contributed by atoms with van der Waals surface area (Å²) in [4.78, 5) is 13.9. The topological polar surface area (TPSA) is 93.1 Å². The highest BCUT2D eigenvalue weighted by Crippen LogP contribution is 2.39. The molecule has 0 aliphatic carbocycles. The van der Waals surface area contributed by atoms with Crippen LogP contribution in [0.25, 0.3) is 10.9 Å². The van der Waals surface area contributed by atoms with Gasteiger partial charge in [0.05, 0.1) is 9.82 Å². The highest BCUT2D eigenvalue weighted by atomic mass is 32.2. The molecule has 146 valence electrons. The van der Waals surface area contributed by atoms with Crippen molar-refractivity contribution < 1.29 is 13.3 Å². The molecule has 4 aromatic rings. The Bertz CT molecular complexity index is 1290. The standard InChI is InChI=1S/C22H18N2O4S/c1-15-6-12-18(13-7-15)29(27,28)22(16-8-10-17(11-9-16)24(25)26)20-14-23-21-5-3-2-4-19(20)21/h2-14,22-23H,1H3. The van der Waals surface area contributed by atoms with Gasteiger partial charge in [0.2, 0.25) is 0 Å². The van der Waals surface area contributed by atoms with E-state index in [4.69, 9.17) is 0 Å². The number of aryl methyl sites for hydroxylation is 1. The van der Waals surface area contributed by atoms with Crippen molar-refractivity contribution in [3.8, 4) is 0 Å². The fourth-order valence-electron chi connectivity index (χ4n) is 3.47. The van der Waals surface area contributed by atoms with Crippen molar-refractivity contribution in [1.29, 1.82) is 0 Å². The van der Waals surface area contributed by atoms with Gasteiger partial charge in [-0.2, -0.15) is 0 Å². The number of hydrogen-bond donors (Lipinski definition) is 1. The van der Waals surface area contributed by atoms with Gasteiger partial charge in [-0.3, -0.25) is 10.1 Å². The molecule has 0 saturated heterocycles. The molecular formula is C22H18N2O4S. The van der Waals surface area contributed by atoms with Crippen molar-refractivity contribution in [2.75, 3.05) is 0 Å². The molecule has 0 aliphatic rings. The molecule has 0 saturated carbocycles. The number of non-ortho nitro benzene ring substituents is 1. The van der Waals surface area contributed by atoms with Gasteiger partial charge in [-0.15, -0.1) is 0 Å². The number of para-hydroxylation sites is 1. The first-order chi connectivity index (χ1) is 13.9. The number of benzene rings is 3. The Morgan fingerprint density at radius 3 is 2.24 bits per heavy atom. The Hall–Kier alpha value is -3.45. The zero-order chi connectivity index (χ0) is 20.6. The van der Waals surface area contributed by atoms with Crippen LogP contribution < -0.4 is 0 Å². The van der Waals surface area contributed by atoms with E-state index in [2.05, 4.69) is 4.98 Å². The second kappa shape index (κ2) is 7.18. The molecule has 4 rings (SSSR count). The molecule has 7 heteroatoms. The normalized spacial score (nSPS) is 12.7. The lowest BCUT2D eigenvalue weighted by Gasteiger charge is -2.18. The van der Waals surface area contributed by atoms with Crippen LogP contribution in [0, 0.1) is 17.0 Å². The first kappa shape index (κ1) is 18.9. The third-order valence-electron chi connectivity index (χ3n) is 4.97. The van der Waals surface area contributed by atoms with Crippen LogP contribution in [0.2, 0.25) is 0 Å². The number of aromatic amines is 1. The maximum atomic E-state index is 13.7. The van der Waals surface area contributed by atoms with Crippen LogP contribution in [0.3, 0.4) is 0 Å². The summed E-state index contributed by atoms with van der Waals surface area (Å²) in [5, 5.41) is 10.8. The zero-order valence-electron chi connectivity index (χ0n) is 15.6. The second-order valence-electron chi connectivity index (χ2n) is 6.88. The maximum Gasteiger partial charge on any atom is 0.269 e. The van der Waals surface area contributed by atoms with Crippen LogP contribution in [-0.4, -0.2) is 18.3 Å². The Labute approximate surface area is 167 Å². The molecule has 1 aromatic heterocycles. The molecule has 0 spiro atoms. The fourth-order valence-corrected chi connectivity index (χ4v) is 5.30. The SMILES string of the molecule is Cc1ccc(S(=O)(=O)C(c2ccc([N+](=O)[O-])cc2)c2c[nH]c3ccccc23)cc1. The van der Waals surface area contributed by atoms with Crippen LogP contribution >= 0.6 is 0 Å². The van der Waals surface area contributed by atoms with Gasteiger partial charge in [-0.05, 0) is 30.7 Å². The zero-order valence-corrected chi connectivity index (χ0v) is 16.4. The summed E-state index contributed by atoms with van der Waals surface area (Å²) in [5.41, 5.74) is 2.78. The number of fused-ring (bicyclic) bond motifs is 1. The summed E-state index contributed by atoms with van der Waals surface area (Å²) in [6.07, 6.45) is 1.70. The van der Waals surface area contributed by atoms with Gasteiger partial charge in [-0.1, -0.05) is 48.0 Å². The minimum absolute atomic E-state index is 0.0841. The van der Waals surface area contributed by atoms with Gasteiger partial charge < -0.3 is 4.98 Å². The number of H-pyrrole nitrogens is 1. The third-order valence-corrected chi connectivity index (χ3v) is 7.05. The van der Waals surface area contributed by atoms with E-state index in [1.807, 2.05) is 31.2 Å². The van der Waals surface area contributed by atoms with Crippen molar-refractivity contribution in [2.24, 2.45) is 0 Å². The molecule has 1 atom stereocenters. The molecule has 1 N–H and O–H groups in total. The monoisotopic (exact) mass is 406 g/mol. The van der Waals surface area contributed by atoms with Crippen molar-refractivity contribution >= 4 is 26.4 Å². The molecule has 3 aromatic carbocycles. The number of nitrogens with zero attached hydrogens (tertiary/aromatic N) is 1. The summed E-state index contributed by atoms with van der Waals surface area (Å²) in [6, 6.07) is 19.9. The quantitative estimate of drug-likeness (QED) is 0.375. The Morgan fingerprint density at radius 1 is 0.931 bits per heavy atom. The summed E-state index contributed by atoms with van der Waals surface area (Å²) in [6.45, 7) is 1.89. The molecule has 1 heterocycles. The van der Waals surface area contributed by atoms with E-state index in [1.165, 1.54) is 24.3 Å². The van der Waals surface area contributed by atoms with E-state index in [-0.39, 0.29) is 10.6 Å². The van der Waals surface area contributed by atoms with E-state index < -0.39 is 20.0 Å². The molecule has 0 amide bonds. The van der Waals surface area contributed by atoms with Gasteiger partial charge in [-0.25, -0.2) is 8.42 Å². The molecule has 0 bridgehead atoms. The van der Waals surface area contributed by atoms with E-state index in [1.54, 1.807) is 30.5 Å². The molecular weight excluding hydrogens is 388 g/mol. The van der Waals surface area contributed by atoms with Crippen LogP contribution in [-0.2, 0) is 9.84 Å². The van der Waals surface area contributed by atoms with Crippen LogP contribution in [0.5, 0.6) is 0 Å². The number of aromatic nitrogens is 1. The van der Waals surface area contributed by atoms with E-state index >= 15 is 0 Å². The lowest BCUT2D eigenvalue weighted by Crippen LogP contribution is -2.15. The smallest absolute Gasteiger partial charge is 0.269 e. The van der Waals surface area contributed by atoms with E-state index in [9.17, 15) is 18.5 Å². The fraction of sp³-hybridized carbons (Fsp3) is 0.0909. The van der Waals surface area contributed by atoms with Crippen molar-refractivity contribution in [3.63, 3.8) is 0 Å². The lowest BCUT2D eigenvalue weighted by molar-refractivity contribution is -0.384.